The average Bonchev–Trinajstić information content (AvgIpc) is 2.23. The van der Waals surface area contributed by atoms with Gasteiger partial charge in [-0.1, -0.05) is 12.8 Å². The van der Waals surface area contributed by atoms with Crippen molar-refractivity contribution in [3.63, 3.8) is 0 Å². The van der Waals surface area contributed by atoms with Crippen molar-refractivity contribution < 1.29 is 9.59 Å². The van der Waals surface area contributed by atoms with Gasteiger partial charge in [-0.15, -0.1) is 6.42 Å². The standard InChI is InChI=1S/C12H18N2O2/c1-6-11(3,4)14-8-9(15)13-12(5,7-2)10(14)16/h1H,7-8H2,2-5H3,(H,13,15). The quantitative estimate of drug-likeness (QED) is 0.693. The number of terminal acetylenes is 1. The first kappa shape index (κ1) is 12.6. The normalized spacial score (nSPS) is 26.3. The number of rotatable bonds is 2. The molecule has 0 saturated carbocycles. The van der Waals surface area contributed by atoms with Gasteiger partial charge in [0.1, 0.15) is 12.1 Å². The summed E-state index contributed by atoms with van der Waals surface area (Å²) in [4.78, 5) is 25.3. The molecule has 0 aromatic rings. The van der Waals surface area contributed by atoms with Crippen molar-refractivity contribution in [3.8, 4) is 12.3 Å². The summed E-state index contributed by atoms with van der Waals surface area (Å²) >= 11 is 0. The van der Waals surface area contributed by atoms with Crippen LogP contribution in [0.1, 0.15) is 34.1 Å². The van der Waals surface area contributed by atoms with Crippen LogP contribution in [0.15, 0.2) is 0 Å². The van der Waals surface area contributed by atoms with Crippen molar-refractivity contribution in [2.45, 2.75) is 45.2 Å². The van der Waals surface area contributed by atoms with E-state index >= 15 is 0 Å². The van der Waals surface area contributed by atoms with E-state index in [4.69, 9.17) is 6.42 Å². The van der Waals surface area contributed by atoms with E-state index in [1.807, 2.05) is 6.92 Å². The first-order valence-corrected chi connectivity index (χ1v) is 5.37. The van der Waals surface area contributed by atoms with E-state index in [0.717, 1.165) is 0 Å². The number of hydrogen-bond donors (Lipinski definition) is 1. The Hall–Kier alpha value is -1.50. The van der Waals surface area contributed by atoms with Gasteiger partial charge in [0.05, 0.1) is 5.54 Å². The number of carbonyl (C=O) groups excluding carboxylic acids is 2. The maximum atomic E-state index is 12.2. The number of piperazine rings is 1. The lowest BCUT2D eigenvalue weighted by Gasteiger charge is -2.44. The molecule has 2 amide bonds. The molecule has 0 aromatic carbocycles. The van der Waals surface area contributed by atoms with Crippen LogP contribution >= 0.6 is 0 Å². The monoisotopic (exact) mass is 222 g/mol. The predicted octanol–water partition coefficient (Wildman–Crippen LogP) is 0.525. The molecule has 4 nitrogen and oxygen atoms in total. The van der Waals surface area contributed by atoms with Gasteiger partial charge in [-0.2, -0.15) is 0 Å². The van der Waals surface area contributed by atoms with Crippen LogP contribution in [0.3, 0.4) is 0 Å². The summed E-state index contributed by atoms with van der Waals surface area (Å²) in [6.07, 6.45) is 5.95. The third-order valence-electron chi connectivity index (χ3n) is 3.17. The molecule has 1 atom stereocenters. The first-order valence-electron chi connectivity index (χ1n) is 5.37. The van der Waals surface area contributed by atoms with Gasteiger partial charge in [0, 0.05) is 0 Å². The molecular weight excluding hydrogens is 204 g/mol. The van der Waals surface area contributed by atoms with Crippen LogP contribution in [0.5, 0.6) is 0 Å². The topological polar surface area (TPSA) is 49.4 Å². The van der Waals surface area contributed by atoms with E-state index in [1.165, 1.54) is 4.90 Å². The second-order valence-corrected chi connectivity index (χ2v) is 4.83. The van der Waals surface area contributed by atoms with Crippen molar-refractivity contribution in [3.05, 3.63) is 0 Å². The minimum Gasteiger partial charge on any atom is -0.340 e. The molecule has 1 aliphatic heterocycles. The third-order valence-corrected chi connectivity index (χ3v) is 3.17. The highest BCUT2D eigenvalue weighted by molar-refractivity contribution is 5.98. The minimum atomic E-state index is -0.830. The van der Waals surface area contributed by atoms with Crippen molar-refractivity contribution in [2.75, 3.05) is 6.54 Å². The fourth-order valence-corrected chi connectivity index (χ4v) is 1.68. The van der Waals surface area contributed by atoms with Crippen LogP contribution in [0.2, 0.25) is 0 Å². The van der Waals surface area contributed by atoms with Crippen molar-refractivity contribution in [1.82, 2.24) is 10.2 Å². The Labute approximate surface area is 96.4 Å². The molecule has 0 aliphatic carbocycles. The smallest absolute Gasteiger partial charge is 0.249 e. The second kappa shape index (κ2) is 3.82. The van der Waals surface area contributed by atoms with E-state index < -0.39 is 11.1 Å². The van der Waals surface area contributed by atoms with Crippen LogP contribution in [-0.4, -0.2) is 34.3 Å². The Morgan fingerprint density at radius 3 is 2.56 bits per heavy atom. The van der Waals surface area contributed by atoms with Gasteiger partial charge < -0.3 is 10.2 Å². The molecule has 1 heterocycles. The molecule has 0 aromatic heterocycles. The average molecular weight is 222 g/mol. The molecule has 4 heteroatoms. The van der Waals surface area contributed by atoms with Crippen LogP contribution < -0.4 is 5.32 Å². The molecule has 1 saturated heterocycles. The number of carbonyl (C=O) groups is 2. The highest BCUT2D eigenvalue weighted by Gasteiger charge is 2.45. The van der Waals surface area contributed by atoms with Gasteiger partial charge in [0.25, 0.3) is 0 Å². The zero-order valence-electron chi connectivity index (χ0n) is 10.3. The summed E-state index contributed by atoms with van der Waals surface area (Å²) in [5, 5.41) is 2.72. The van der Waals surface area contributed by atoms with Gasteiger partial charge in [0.2, 0.25) is 11.8 Å². The molecule has 0 spiro atoms. The van der Waals surface area contributed by atoms with Crippen LogP contribution in [0.25, 0.3) is 0 Å². The van der Waals surface area contributed by atoms with Crippen LogP contribution in [0, 0.1) is 12.3 Å². The lowest BCUT2D eigenvalue weighted by atomic mass is 9.90. The van der Waals surface area contributed by atoms with Gasteiger partial charge in [-0.25, -0.2) is 0 Å². The molecular formula is C12H18N2O2. The molecule has 16 heavy (non-hydrogen) atoms. The number of nitrogens with zero attached hydrogens (tertiary/aromatic N) is 1. The van der Waals surface area contributed by atoms with Gasteiger partial charge in [0.15, 0.2) is 0 Å². The molecule has 1 aliphatic rings. The molecule has 1 unspecified atom stereocenters. The Kier molecular flexibility index (Phi) is 3.00. The van der Waals surface area contributed by atoms with Crippen LogP contribution in [-0.2, 0) is 9.59 Å². The van der Waals surface area contributed by atoms with E-state index in [0.29, 0.717) is 6.42 Å². The lowest BCUT2D eigenvalue weighted by Crippen LogP contribution is -2.68. The van der Waals surface area contributed by atoms with E-state index in [9.17, 15) is 9.59 Å². The summed E-state index contributed by atoms with van der Waals surface area (Å²) in [6.45, 7) is 7.15. The predicted molar refractivity (Wildman–Crippen MR) is 61.5 cm³/mol. The molecule has 0 bridgehead atoms. The first-order chi connectivity index (χ1) is 7.27. The summed E-state index contributed by atoms with van der Waals surface area (Å²) in [6, 6.07) is 0. The number of hydrogen-bond acceptors (Lipinski definition) is 2. The lowest BCUT2D eigenvalue weighted by molar-refractivity contribution is -0.153. The van der Waals surface area contributed by atoms with E-state index in [-0.39, 0.29) is 18.4 Å². The van der Waals surface area contributed by atoms with Gasteiger partial charge >= 0.3 is 0 Å². The highest BCUT2D eigenvalue weighted by atomic mass is 16.2. The summed E-state index contributed by atoms with van der Waals surface area (Å²) in [7, 11) is 0. The second-order valence-electron chi connectivity index (χ2n) is 4.83. The maximum Gasteiger partial charge on any atom is 0.249 e. The number of amides is 2. The van der Waals surface area contributed by atoms with Crippen LogP contribution in [0.4, 0.5) is 0 Å². The van der Waals surface area contributed by atoms with E-state index in [2.05, 4.69) is 11.2 Å². The Morgan fingerprint density at radius 2 is 2.12 bits per heavy atom. The summed E-state index contributed by atoms with van der Waals surface area (Å²) < 4.78 is 0. The molecule has 0 radical (unpaired) electrons. The Morgan fingerprint density at radius 1 is 1.56 bits per heavy atom. The molecule has 1 N–H and O–H groups in total. The van der Waals surface area contributed by atoms with E-state index in [1.54, 1.807) is 20.8 Å². The maximum absolute atomic E-state index is 12.2. The van der Waals surface area contributed by atoms with Gasteiger partial charge in [-0.3, -0.25) is 9.59 Å². The minimum absolute atomic E-state index is 0.0334. The highest BCUT2D eigenvalue weighted by Crippen LogP contribution is 2.24. The zero-order chi connectivity index (χ0) is 12.6. The SMILES string of the molecule is C#CC(C)(C)N1CC(=O)NC(C)(CC)C1=O. The Bertz CT molecular complexity index is 368. The molecule has 88 valence electrons. The third kappa shape index (κ3) is 1.90. The summed E-state index contributed by atoms with van der Waals surface area (Å²) in [5.41, 5.74) is -1.56. The Balaban J connectivity index is 3.10. The van der Waals surface area contributed by atoms with Gasteiger partial charge in [-0.05, 0) is 27.2 Å². The fraction of sp³-hybridized carbons (Fsp3) is 0.667. The molecule has 1 rings (SSSR count). The fourth-order valence-electron chi connectivity index (χ4n) is 1.68. The number of nitrogens with one attached hydrogen (secondary N) is 1. The summed E-state index contributed by atoms with van der Waals surface area (Å²) in [5.74, 6) is 2.28. The van der Waals surface area contributed by atoms with Crippen molar-refractivity contribution in [1.29, 1.82) is 0 Å². The van der Waals surface area contributed by atoms with Crippen molar-refractivity contribution >= 4 is 11.8 Å². The van der Waals surface area contributed by atoms with Crippen molar-refractivity contribution in [2.24, 2.45) is 0 Å². The zero-order valence-corrected chi connectivity index (χ0v) is 10.3. The largest absolute Gasteiger partial charge is 0.340 e. The molecule has 1 fully saturated rings.